The van der Waals surface area contributed by atoms with Crippen LogP contribution in [0.2, 0.25) is 0 Å². The van der Waals surface area contributed by atoms with Gasteiger partial charge in [-0.1, -0.05) is 23.4 Å². The van der Waals surface area contributed by atoms with Crippen LogP contribution in [0.15, 0.2) is 57.9 Å². The molecule has 3 aromatic rings. The number of anilines is 2. The van der Waals surface area contributed by atoms with Crippen molar-refractivity contribution in [2.45, 2.75) is 24.5 Å². The van der Waals surface area contributed by atoms with Crippen LogP contribution >= 0.6 is 12.6 Å². The Morgan fingerprint density at radius 2 is 1.95 bits per heavy atom. The first kappa shape index (κ1) is 25.1. The van der Waals surface area contributed by atoms with E-state index in [9.17, 15) is 9.59 Å². The summed E-state index contributed by atoms with van der Waals surface area (Å²) >= 11 is 4.49. The van der Waals surface area contributed by atoms with E-state index in [1.54, 1.807) is 12.1 Å². The van der Waals surface area contributed by atoms with Gasteiger partial charge in [0, 0.05) is 49.6 Å². The number of hydrogen-bond acceptors (Lipinski definition) is 8. The maximum absolute atomic E-state index is 15.1. The molecule has 194 valence electrons. The van der Waals surface area contributed by atoms with Crippen LogP contribution in [0.3, 0.4) is 0 Å². The number of thiol groups is 1. The van der Waals surface area contributed by atoms with Gasteiger partial charge in [0.25, 0.3) is 0 Å². The first-order chi connectivity index (χ1) is 17.9. The first-order valence-corrected chi connectivity index (χ1v) is 12.6. The second-order valence-electron chi connectivity index (χ2n) is 9.15. The van der Waals surface area contributed by atoms with Crippen molar-refractivity contribution in [1.82, 2.24) is 15.4 Å². The molecule has 1 aromatic heterocycles. The Bertz CT molecular complexity index is 1290. The van der Waals surface area contributed by atoms with E-state index in [1.807, 2.05) is 35.2 Å². The second kappa shape index (κ2) is 10.8. The molecule has 2 fully saturated rings. The second-order valence-corrected chi connectivity index (χ2v) is 9.63. The van der Waals surface area contributed by atoms with Crippen LogP contribution in [0, 0.1) is 5.82 Å². The number of hydrogen-bond donors (Lipinski definition) is 2. The van der Waals surface area contributed by atoms with E-state index < -0.39 is 18.0 Å². The molecule has 0 radical (unpaired) electrons. The number of amides is 2. The molecule has 1 atom stereocenters. The number of cyclic esters (lactones) is 1. The van der Waals surface area contributed by atoms with Crippen LogP contribution in [0.4, 0.5) is 20.6 Å². The van der Waals surface area contributed by atoms with Crippen LogP contribution in [0.25, 0.3) is 11.3 Å². The molecule has 0 spiro atoms. The Morgan fingerprint density at radius 3 is 2.68 bits per heavy atom. The Kier molecular flexibility index (Phi) is 7.33. The highest BCUT2D eigenvalue weighted by molar-refractivity contribution is 7.80. The average molecular weight is 526 g/mol. The van der Waals surface area contributed by atoms with Gasteiger partial charge in [-0.15, -0.1) is 12.6 Å². The van der Waals surface area contributed by atoms with Gasteiger partial charge < -0.3 is 19.5 Å². The topological polar surface area (TPSA) is 91.2 Å². The van der Waals surface area contributed by atoms with E-state index in [4.69, 9.17) is 9.26 Å². The zero-order valence-corrected chi connectivity index (χ0v) is 21.3. The molecule has 1 N–H and O–H groups in total. The summed E-state index contributed by atoms with van der Waals surface area (Å²) in [6.45, 7) is 5.28. The third-order valence-corrected chi connectivity index (χ3v) is 6.92. The molecule has 2 aliphatic heterocycles. The SMILES string of the molecule is CC(=O)NC[C@H]1CN(c2ccc(N3CCN(Cc4cc(-c5ccccc5S)no4)CC3)c(F)c2)C(=O)O1. The fraction of sp³-hybridized carbons (Fsp3) is 0.346. The number of ether oxygens (including phenoxy) is 1. The van der Waals surface area contributed by atoms with Crippen molar-refractivity contribution >= 4 is 36.0 Å². The number of rotatable bonds is 7. The fourth-order valence-corrected chi connectivity index (χ4v) is 4.86. The number of nitrogens with zero attached hydrogens (tertiary/aromatic N) is 4. The van der Waals surface area contributed by atoms with E-state index >= 15 is 4.39 Å². The number of carbonyl (C=O) groups is 2. The van der Waals surface area contributed by atoms with Gasteiger partial charge in [0.2, 0.25) is 5.91 Å². The number of aromatic nitrogens is 1. The van der Waals surface area contributed by atoms with Crippen LogP contribution in [-0.2, 0) is 16.1 Å². The largest absolute Gasteiger partial charge is 0.442 e. The van der Waals surface area contributed by atoms with Crippen molar-refractivity contribution in [3.05, 3.63) is 60.1 Å². The monoisotopic (exact) mass is 525 g/mol. The van der Waals surface area contributed by atoms with Gasteiger partial charge in [-0.2, -0.15) is 0 Å². The molecule has 2 aliphatic rings. The highest BCUT2D eigenvalue weighted by atomic mass is 32.1. The maximum Gasteiger partial charge on any atom is 0.414 e. The smallest absolute Gasteiger partial charge is 0.414 e. The van der Waals surface area contributed by atoms with E-state index in [0.717, 1.165) is 35.0 Å². The maximum atomic E-state index is 15.1. The summed E-state index contributed by atoms with van der Waals surface area (Å²) in [6.07, 6.45) is -1.02. The minimum atomic E-state index is -0.551. The molecular formula is C26H28FN5O4S. The standard InChI is InChI=1S/C26H28FN5O4S/c1-17(33)28-14-20-16-32(26(34)35-20)18-6-7-24(22(27)12-18)31-10-8-30(9-11-31)15-19-13-23(29-36-19)21-4-2-3-5-25(21)37/h2-7,12-13,20,37H,8-11,14-16H2,1H3,(H,28,33)/t20-/m0/s1. The van der Waals surface area contributed by atoms with Crippen LogP contribution in [0.5, 0.6) is 0 Å². The van der Waals surface area contributed by atoms with Gasteiger partial charge in [-0.05, 0) is 24.3 Å². The number of benzene rings is 2. The van der Waals surface area contributed by atoms with Gasteiger partial charge in [0.05, 0.1) is 31.0 Å². The Morgan fingerprint density at radius 1 is 1.16 bits per heavy atom. The predicted molar refractivity (Wildman–Crippen MR) is 139 cm³/mol. The summed E-state index contributed by atoms with van der Waals surface area (Å²) < 4.78 is 25.9. The Balaban J connectivity index is 1.16. The average Bonchev–Trinajstić information content (AvgIpc) is 3.50. The molecule has 37 heavy (non-hydrogen) atoms. The zero-order valence-electron chi connectivity index (χ0n) is 20.4. The molecule has 0 bridgehead atoms. The quantitative estimate of drug-likeness (QED) is 0.456. The normalized spacial score (nSPS) is 18.2. The summed E-state index contributed by atoms with van der Waals surface area (Å²) in [4.78, 5) is 29.8. The van der Waals surface area contributed by atoms with Crippen molar-refractivity contribution in [2.24, 2.45) is 0 Å². The lowest BCUT2D eigenvalue weighted by Crippen LogP contribution is -2.46. The highest BCUT2D eigenvalue weighted by Crippen LogP contribution is 2.29. The van der Waals surface area contributed by atoms with Gasteiger partial charge in [0.1, 0.15) is 17.6 Å². The third kappa shape index (κ3) is 5.72. The Hall–Kier alpha value is -3.57. The van der Waals surface area contributed by atoms with Crippen molar-refractivity contribution in [3.8, 4) is 11.3 Å². The van der Waals surface area contributed by atoms with Crippen molar-refractivity contribution in [2.75, 3.05) is 49.1 Å². The summed E-state index contributed by atoms with van der Waals surface area (Å²) in [7, 11) is 0. The predicted octanol–water partition coefficient (Wildman–Crippen LogP) is 3.55. The van der Waals surface area contributed by atoms with E-state index in [1.165, 1.54) is 17.9 Å². The van der Waals surface area contributed by atoms with Gasteiger partial charge in [-0.3, -0.25) is 14.6 Å². The minimum Gasteiger partial charge on any atom is -0.442 e. The number of nitrogens with one attached hydrogen (secondary N) is 1. The molecule has 5 rings (SSSR count). The molecule has 0 unspecified atom stereocenters. The van der Waals surface area contributed by atoms with E-state index in [-0.39, 0.29) is 19.0 Å². The molecule has 2 aromatic carbocycles. The lowest BCUT2D eigenvalue weighted by molar-refractivity contribution is -0.119. The molecular weight excluding hydrogens is 497 g/mol. The molecule has 2 amide bonds. The van der Waals surface area contributed by atoms with E-state index in [0.29, 0.717) is 31.0 Å². The summed E-state index contributed by atoms with van der Waals surface area (Å²) in [6, 6.07) is 14.5. The fourth-order valence-electron chi connectivity index (χ4n) is 4.59. The van der Waals surface area contributed by atoms with Crippen LogP contribution in [0.1, 0.15) is 12.7 Å². The molecule has 11 heteroatoms. The zero-order chi connectivity index (χ0) is 25.9. The minimum absolute atomic E-state index is 0.199. The van der Waals surface area contributed by atoms with Crippen molar-refractivity contribution < 1.29 is 23.2 Å². The summed E-state index contributed by atoms with van der Waals surface area (Å²) in [5.74, 6) is 0.175. The molecule has 0 aliphatic carbocycles. The van der Waals surface area contributed by atoms with Crippen LogP contribution in [-0.4, -0.2) is 67.4 Å². The van der Waals surface area contributed by atoms with Gasteiger partial charge in [-0.25, -0.2) is 9.18 Å². The van der Waals surface area contributed by atoms with Gasteiger partial charge in [0.15, 0.2) is 5.76 Å². The van der Waals surface area contributed by atoms with Crippen LogP contribution < -0.4 is 15.1 Å². The molecule has 9 nitrogen and oxygen atoms in total. The number of carbonyl (C=O) groups excluding carboxylic acids is 2. The third-order valence-electron chi connectivity index (χ3n) is 6.53. The molecule has 0 saturated carbocycles. The summed E-state index contributed by atoms with van der Waals surface area (Å²) in [5, 5.41) is 6.82. The number of piperazine rings is 1. The van der Waals surface area contributed by atoms with Crippen molar-refractivity contribution in [3.63, 3.8) is 0 Å². The Labute approximate surface area is 219 Å². The highest BCUT2D eigenvalue weighted by Gasteiger charge is 2.33. The molecule has 2 saturated heterocycles. The lowest BCUT2D eigenvalue weighted by Gasteiger charge is -2.35. The first-order valence-electron chi connectivity index (χ1n) is 12.1. The van der Waals surface area contributed by atoms with Gasteiger partial charge >= 0.3 is 6.09 Å². The summed E-state index contributed by atoms with van der Waals surface area (Å²) in [5.41, 5.74) is 2.61. The molecule has 3 heterocycles. The lowest BCUT2D eigenvalue weighted by atomic mass is 10.1. The van der Waals surface area contributed by atoms with E-state index in [2.05, 4.69) is 28.0 Å². The van der Waals surface area contributed by atoms with Crippen molar-refractivity contribution in [1.29, 1.82) is 0 Å². The number of halogens is 1.